The van der Waals surface area contributed by atoms with E-state index in [4.69, 9.17) is 11.6 Å². The highest BCUT2D eigenvalue weighted by Crippen LogP contribution is 2.28. The second kappa shape index (κ2) is 7.14. The number of hydrogen-bond donors (Lipinski definition) is 0. The molecule has 0 spiro atoms. The minimum Gasteiger partial charge on any atom is -0.354 e. The van der Waals surface area contributed by atoms with E-state index in [0.29, 0.717) is 11.9 Å². The van der Waals surface area contributed by atoms with Crippen molar-refractivity contribution < 1.29 is 0 Å². The van der Waals surface area contributed by atoms with E-state index in [1.165, 1.54) is 37.7 Å². The lowest BCUT2D eigenvalue weighted by Gasteiger charge is -2.31. The smallest absolute Gasteiger partial charge is 0.129 e. The molecule has 1 aromatic rings. The monoisotopic (exact) mass is 280 g/mol. The van der Waals surface area contributed by atoms with E-state index in [1.54, 1.807) is 0 Å². The van der Waals surface area contributed by atoms with Gasteiger partial charge in [0.15, 0.2) is 0 Å². The molecule has 3 heteroatoms. The minimum atomic E-state index is 0.568. The topological polar surface area (TPSA) is 16.1 Å². The Kier molecular flexibility index (Phi) is 5.50. The molecule has 1 aromatic heterocycles. The lowest BCUT2D eigenvalue weighted by Crippen LogP contribution is -2.35. The third kappa shape index (κ3) is 4.10. The van der Waals surface area contributed by atoms with Crippen molar-refractivity contribution in [2.45, 2.75) is 57.9 Å². The summed E-state index contributed by atoms with van der Waals surface area (Å²) in [7, 11) is 0. The van der Waals surface area contributed by atoms with Crippen LogP contribution in [0, 0.1) is 5.92 Å². The van der Waals surface area contributed by atoms with E-state index in [1.807, 2.05) is 12.3 Å². The minimum absolute atomic E-state index is 0.568. The van der Waals surface area contributed by atoms with Gasteiger partial charge in [-0.1, -0.05) is 26.7 Å². The van der Waals surface area contributed by atoms with Gasteiger partial charge in [-0.05, 0) is 42.9 Å². The van der Waals surface area contributed by atoms with Crippen molar-refractivity contribution in [3.05, 3.63) is 23.9 Å². The van der Waals surface area contributed by atoms with E-state index in [2.05, 4.69) is 29.8 Å². The lowest BCUT2D eigenvalue weighted by atomic mass is 10.1. The van der Waals surface area contributed by atoms with Crippen molar-refractivity contribution in [2.24, 2.45) is 5.92 Å². The summed E-state index contributed by atoms with van der Waals surface area (Å²) in [6.45, 7) is 5.69. The van der Waals surface area contributed by atoms with Gasteiger partial charge in [-0.2, -0.15) is 0 Å². The summed E-state index contributed by atoms with van der Waals surface area (Å²) < 4.78 is 0. The molecule has 1 aliphatic carbocycles. The Hall–Kier alpha value is -0.760. The third-order valence-electron chi connectivity index (χ3n) is 3.97. The molecule has 106 valence electrons. The Morgan fingerprint density at radius 2 is 2.11 bits per heavy atom. The second-order valence-electron chi connectivity index (χ2n) is 5.97. The molecule has 0 amide bonds. The lowest BCUT2D eigenvalue weighted by molar-refractivity contribution is 0.525. The van der Waals surface area contributed by atoms with Gasteiger partial charge in [-0.3, -0.25) is 0 Å². The summed E-state index contributed by atoms with van der Waals surface area (Å²) in [6.07, 6.45) is 8.46. The maximum absolute atomic E-state index is 5.94. The van der Waals surface area contributed by atoms with Gasteiger partial charge in [-0.15, -0.1) is 11.6 Å². The number of rotatable bonds is 6. The van der Waals surface area contributed by atoms with Crippen LogP contribution in [0.5, 0.6) is 0 Å². The third-order valence-corrected chi connectivity index (χ3v) is 4.28. The molecule has 0 atom stereocenters. The number of nitrogens with zero attached hydrogens (tertiary/aromatic N) is 2. The van der Waals surface area contributed by atoms with Crippen molar-refractivity contribution in [1.82, 2.24) is 4.98 Å². The largest absolute Gasteiger partial charge is 0.354 e. The SMILES string of the molecule is CC(C)CCN(c1cc(CCl)ccn1)C1CCCC1. The standard InChI is InChI=1S/C16H25ClN2/c1-13(2)8-10-19(15-5-3-4-6-15)16-11-14(12-17)7-9-18-16/h7,9,11,13,15H,3-6,8,10,12H2,1-2H3. The molecule has 0 N–H and O–H groups in total. The number of aromatic nitrogens is 1. The van der Waals surface area contributed by atoms with Crippen LogP contribution in [0.4, 0.5) is 5.82 Å². The summed E-state index contributed by atoms with van der Waals surface area (Å²) in [5.41, 5.74) is 1.17. The average Bonchev–Trinajstić information content (AvgIpc) is 2.93. The predicted octanol–water partition coefficient (Wildman–Crippen LogP) is 4.62. The van der Waals surface area contributed by atoms with Crippen LogP contribution in [0.25, 0.3) is 0 Å². The highest BCUT2D eigenvalue weighted by molar-refractivity contribution is 6.17. The predicted molar refractivity (Wildman–Crippen MR) is 82.9 cm³/mol. The highest BCUT2D eigenvalue weighted by Gasteiger charge is 2.23. The fourth-order valence-electron chi connectivity index (χ4n) is 2.80. The zero-order chi connectivity index (χ0) is 13.7. The Labute approximate surface area is 122 Å². The fourth-order valence-corrected chi connectivity index (χ4v) is 2.96. The van der Waals surface area contributed by atoms with E-state index in [0.717, 1.165) is 18.3 Å². The van der Waals surface area contributed by atoms with Crippen LogP contribution in [-0.4, -0.2) is 17.6 Å². The first-order valence-corrected chi connectivity index (χ1v) is 8.01. The molecule has 0 radical (unpaired) electrons. The van der Waals surface area contributed by atoms with Gasteiger partial charge >= 0.3 is 0 Å². The molecule has 1 fully saturated rings. The molecule has 0 bridgehead atoms. The Morgan fingerprint density at radius 1 is 1.37 bits per heavy atom. The van der Waals surface area contributed by atoms with E-state index in [-0.39, 0.29) is 0 Å². The summed E-state index contributed by atoms with van der Waals surface area (Å²) in [5.74, 6) is 2.42. The van der Waals surface area contributed by atoms with E-state index in [9.17, 15) is 0 Å². The maximum Gasteiger partial charge on any atom is 0.129 e. The van der Waals surface area contributed by atoms with Crippen LogP contribution in [0.15, 0.2) is 18.3 Å². The Bertz CT molecular complexity index is 386. The molecular weight excluding hydrogens is 256 g/mol. The van der Waals surface area contributed by atoms with Crippen molar-refractivity contribution in [3.8, 4) is 0 Å². The average molecular weight is 281 g/mol. The number of pyridine rings is 1. The van der Waals surface area contributed by atoms with Crippen molar-refractivity contribution in [1.29, 1.82) is 0 Å². The highest BCUT2D eigenvalue weighted by atomic mass is 35.5. The summed E-state index contributed by atoms with van der Waals surface area (Å²) in [6, 6.07) is 4.84. The first kappa shape index (κ1) is 14.6. The van der Waals surface area contributed by atoms with Gasteiger partial charge in [0, 0.05) is 24.7 Å². The molecule has 1 saturated carbocycles. The number of halogens is 1. The number of hydrogen-bond acceptors (Lipinski definition) is 2. The second-order valence-corrected chi connectivity index (χ2v) is 6.24. The molecule has 1 aliphatic rings. The summed E-state index contributed by atoms with van der Waals surface area (Å²) in [4.78, 5) is 7.09. The molecule has 2 rings (SSSR count). The first-order chi connectivity index (χ1) is 9.20. The van der Waals surface area contributed by atoms with E-state index >= 15 is 0 Å². The molecule has 0 saturated heterocycles. The Morgan fingerprint density at radius 3 is 2.74 bits per heavy atom. The van der Waals surface area contributed by atoms with Crippen LogP contribution in [-0.2, 0) is 5.88 Å². The molecule has 0 unspecified atom stereocenters. The zero-order valence-electron chi connectivity index (χ0n) is 12.1. The molecule has 0 aliphatic heterocycles. The molecule has 1 heterocycles. The van der Waals surface area contributed by atoms with Crippen molar-refractivity contribution in [3.63, 3.8) is 0 Å². The summed E-state index contributed by atoms with van der Waals surface area (Å²) >= 11 is 5.94. The van der Waals surface area contributed by atoms with Crippen molar-refractivity contribution in [2.75, 3.05) is 11.4 Å². The van der Waals surface area contributed by atoms with Crippen LogP contribution in [0.2, 0.25) is 0 Å². The fraction of sp³-hybridized carbons (Fsp3) is 0.688. The molecule has 19 heavy (non-hydrogen) atoms. The quantitative estimate of drug-likeness (QED) is 0.707. The van der Waals surface area contributed by atoms with Gasteiger partial charge in [0.25, 0.3) is 0 Å². The van der Waals surface area contributed by atoms with Gasteiger partial charge < -0.3 is 4.90 Å². The van der Waals surface area contributed by atoms with Crippen LogP contribution in [0.3, 0.4) is 0 Å². The molecular formula is C16H25ClN2. The first-order valence-electron chi connectivity index (χ1n) is 7.48. The van der Waals surface area contributed by atoms with Gasteiger partial charge in [-0.25, -0.2) is 4.98 Å². The number of alkyl halides is 1. The molecule has 0 aromatic carbocycles. The Balaban J connectivity index is 2.14. The van der Waals surface area contributed by atoms with Crippen LogP contribution < -0.4 is 4.90 Å². The number of anilines is 1. The van der Waals surface area contributed by atoms with E-state index < -0.39 is 0 Å². The van der Waals surface area contributed by atoms with Gasteiger partial charge in [0.05, 0.1) is 0 Å². The zero-order valence-corrected chi connectivity index (χ0v) is 12.9. The van der Waals surface area contributed by atoms with Crippen LogP contribution >= 0.6 is 11.6 Å². The maximum atomic E-state index is 5.94. The van der Waals surface area contributed by atoms with Crippen molar-refractivity contribution >= 4 is 17.4 Å². The summed E-state index contributed by atoms with van der Waals surface area (Å²) in [5, 5.41) is 0. The van der Waals surface area contributed by atoms with Crippen LogP contribution in [0.1, 0.15) is 51.5 Å². The normalized spacial score (nSPS) is 16.2. The molecule has 2 nitrogen and oxygen atoms in total. The van der Waals surface area contributed by atoms with Gasteiger partial charge in [0.2, 0.25) is 0 Å². The van der Waals surface area contributed by atoms with Gasteiger partial charge in [0.1, 0.15) is 5.82 Å².